The summed E-state index contributed by atoms with van der Waals surface area (Å²) in [6.45, 7) is 3.70. The molecule has 0 bridgehead atoms. The molecule has 2 aromatic carbocycles. The molecule has 3 amide bonds. The summed E-state index contributed by atoms with van der Waals surface area (Å²) < 4.78 is 0. The highest BCUT2D eigenvalue weighted by atomic mass is 16.4. The van der Waals surface area contributed by atoms with Gasteiger partial charge in [-0.2, -0.15) is 0 Å². The largest absolute Gasteiger partial charge is 0.508 e. The van der Waals surface area contributed by atoms with Crippen LogP contribution in [0.25, 0.3) is 0 Å². The van der Waals surface area contributed by atoms with Gasteiger partial charge in [0.2, 0.25) is 17.7 Å². The van der Waals surface area contributed by atoms with Gasteiger partial charge in [-0.1, -0.05) is 56.3 Å². The van der Waals surface area contributed by atoms with Gasteiger partial charge < -0.3 is 37.0 Å². The predicted octanol–water partition coefficient (Wildman–Crippen LogP) is 0.565. The Morgan fingerprint density at radius 2 is 1.23 bits per heavy atom. The summed E-state index contributed by atoms with van der Waals surface area (Å²) in [7, 11) is 0. The average molecular weight is 557 g/mol. The normalized spacial score (nSPS) is 13.9. The van der Waals surface area contributed by atoms with Gasteiger partial charge in [0, 0.05) is 12.8 Å². The molecule has 2 aromatic rings. The molecule has 0 aromatic heterocycles. The lowest BCUT2D eigenvalue weighted by Crippen LogP contribution is -2.58. The number of carboxylic acids is 2. The lowest BCUT2D eigenvalue weighted by molar-refractivity contribution is -0.143. The molecule has 0 saturated carbocycles. The minimum absolute atomic E-state index is 0.0206. The molecule has 12 heteroatoms. The monoisotopic (exact) mass is 556 g/mol. The van der Waals surface area contributed by atoms with Crippen molar-refractivity contribution >= 4 is 29.7 Å². The van der Waals surface area contributed by atoms with Gasteiger partial charge in [0.1, 0.15) is 23.9 Å². The molecular weight excluding hydrogens is 520 g/mol. The van der Waals surface area contributed by atoms with Crippen molar-refractivity contribution in [2.45, 2.75) is 63.7 Å². The number of phenolic OH excluding ortho intramolecular Hbond substituents is 1. The van der Waals surface area contributed by atoms with Crippen LogP contribution in [0.1, 0.15) is 37.8 Å². The molecule has 0 radical (unpaired) electrons. The molecule has 12 nitrogen and oxygen atoms in total. The minimum Gasteiger partial charge on any atom is -0.508 e. The Balaban J connectivity index is 2.27. The van der Waals surface area contributed by atoms with Crippen LogP contribution in [0.4, 0.5) is 0 Å². The van der Waals surface area contributed by atoms with Crippen LogP contribution in [0.15, 0.2) is 54.6 Å². The second-order valence-electron chi connectivity index (χ2n) is 9.92. The van der Waals surface area contributed by atoms with Crippen LogP contribution in [0.3, 0.4) is 0 Å². The highest BCUT2D eigenvalue weighted by Gasteiger charge is 2.32. The van der Waals surface area contributed by atoms with E-state index in [2.05, 4.69) is 16.0 Å². The van der Waals surface area contributed by atoms with Crippen LogP contribution in [0.2, 0.25) is 0 Å². The number of aliphatic carboxylic acids is 2. The number of hydrogen-bond donors (Lipinski definition) is 7. The summed E-state index contributed by atoms with van der Waals surface area (Å²) in [4.78, 5) is 62.4. The number of carbonyl (C=O) groups is 5. The van der Waals surface area contributed by atoms with Crippen LogP contribution in [0.5, 0.6) is 5.75 Å². The molecule has 8 N–H and O–H groups in total. The van der Waals surface area contributed by atoms with E-state index in [0.29, 0.717) is 17.5 Å². The molecule has 0 heterocycles. The van der Waals surface area contributed by atoms with E-state index in [-0.39, 0.29) is 24.5 Å². The average Bonchev–Trinajstić information content (AvgIpc) is 2.88. The van der Waals surface area contributed by atoms with E-state index < -0.39 is 60.2 Å². The van der Waals surface area contributed by atoms with Crippen LogP contribution < -0.4 is 21.7 Å². The number of carboxylic acid groups (broad SMARTS) is 2. The molecule has 40 heavy (non-hydrogen) atoms. The lowest BCUT2D eigenvalue weighted by Gasteiger charge is -2.25. The van der Waals surface area contributed by atoms with E-state index >= 15 is 0 Å². The first-order chi connectivity index (χ1) is 18.8. The number of amides is 3. The lowest BCUT2D eigenvalue weighted by atomic mass is 10.0. The quantitative estimate of drug-likeness (QED) is 0.163. The zero-order chi connectivity index (χ0) is 29.8. The first kappa shape index (κ1) is 31.8. The van der Waals surface area contributed by atoms with Crippen LogP contribution >= 0.6 is 0 Å². The Hall–Kier alpha value is -4.45. The van der Waals surface area contributed by atoms with Gasteiger partial charge in [-0.05, 0) is 35.6 Å². The molecule has 0 aliphatic carbocycles. The summed E-state index contributed by atoms with van der Waals surface area (Å²) in [5.41, 5.74) is 7.06. The number of rotatable bonds is 15. The number of nitrogens with two attached hydrogens (primary N) is 1. The molecule has 2 rings (SSSR count). The predicted molar refractivity (Wildman–Crippen MR) is 145 cm³/mol. The molecular formula is C28H36N4O8. The maximum absolute atomic E-state index is 13.3. The maximum atomic E-state index is 13.3. The Morgan fingerprint density at radius 3 is 1.77 bits per heavy atom. The van der Waals surface area contributed by atoms with Gasteiger partial charge in [-0.3, -0.25) is 19.2 Å². The third-order valence-electron chi connectivity index (χ3n) is 5.98. The van der Waals surface area contributed by atoms with Crippen LogP contribution in [-0.4, -0.2) is 69.1 Å². The first-order valence-electron chi connectivity index (χ1n) is 12.8. The first-order valence-corrected chi connectivity index (χ1v) is 12.8. The van der Waals surface area contributed by atoms with E-state index in [0.717, 1.165) is 0 Å². The highest BCUT2D eigenvalue weighted by molar-refractivity contribution is 5.95. The number of benzene rings is 2. The van der Waals surface area contributed by atoms with E-state index in [4.69, 9.17) is 5.73 Å². The van der Waals surface area contributed by atoms with Gasteiger partial charge >= 0.3 is 11.9 Å². The molecule has 0 aliphatic heterocycles. The van der Waals surface area contributed by atoms with E-state index in [1.165, 1.54) is 24.3 Å². The smallest absolute Gasteiger partial charge is 0.326 e. The third kappa shape index (κ3) is 10.7. The van der Waals surface area contributed by atoms with Crippen molar-refractivity contribution in [2.75, 3.05) is 0 Å². The van der Waals surface area contributed by atoms with E-state index in [1.54, 1.807) is 30.3 Å². The molecule has 0 saturated heterocycles. The Bertz CT molecular complexity index is 1170. The fraction of sp³-hybridized carbons (Fsp3) is 0.393. The van der Waals surface area contributed by atoms with E-state index in [1.807, 2.05) is 13.8 Å². The summed E-state index contributed by atoms with van der Waals surface area (Å²) in [5, 5.41) is 35.9. The van der Waals surface area contributed by atoms with Gasteiger partial charge in [0.25, 0.3) is 0 Å². The maximum Gasteiger partial charge on any atom is 0.326 e. The standard InChI is InChI=1S/C28H36N4O8/c1-16(2)12-20(29)25(36)30-22(15-24(34)35)27(38)31-21(13-18-8-10-19(33)11-9-18)26(37)32-23(28(39)40)14-17-6-4-3-5-7-17/h3-11,16,20-23,33H,12-15,29H2,1-2H3,(H,30,36)(H,31,38)(H,32,37)(H,34,35)(H,39,40). The summed E-state index contributed by atoms with van der Waals surface area (Å²) in [6, 6.07) is 9.25. The highest BCUT2D eigenvalue weighted by Crippen LogP contribution is 2.13. The Labute approximate surface area is 232 Å². The number of aromatic hydroxyl groups is 1. The molecule has 216 valence electrons. The van der Waals surface area contributed by atoms with Gasteiger partial charge in [0.15, 0.2) is 0 Å². The summed E-state index contributed by atoms with van der Waals surface area (Å²) in [5.74, 6) is -5.12. The zero-order valence-electron chi connectivity index (χ0n) is 22.4. The van der Waals surface area contributed by atoms with Gasteiger partial charge in [-0.15, -0.1) is 0 Å². The minimum atomic E-state index is -1.54. The molecule has 4 unspecified atom stereocenters. The third-order valence-corrected chi connectivity index (χ3v) is 5.98. The second kappa shape index (κ2) is 15.2. The van der Waals surface area contributed by atoms with Crippen LogP contribution in [-0.2, 0) is 36.8 Å². The van der Waals surface area contributed by atoms with Crippen molar-refractivity contribution in [3.05, 3.63) is 65.7 Å². The number of nitrogens with one attached hydrogen (secondary N) is 3. The van der Waals surface area contributed by atoms with Gasteiger partial charge in [0.05, 0.1) is 12.5 Å². The van der Waals surface area contributed by atoms with Crippen molar-refractivity contribution < 1.29 is 39.3 Å². The Morgan fingerprint density at radius 1 is 0.725 bits per heavy atom. The number of hydrogen-bond acceptors (Lipinski definition) is 7. The SMILES string of the molecule is CC(C)CC(N)C(=O)NC(CC(=O)O)C(=O)NC(Cc1ccc(O)cc1)C(=O)NC(Cc1ccccc1)C(=O)O. The molecule has 0 aliphatic rings. The molecule has 0 spiro atoms. The Kier molecular flexibility index (Phi) is 12.1. The van der Waals surface area contributed by atoms with Gasteiger partial charge in [-0.25, -0.2) is 4.79 Å². The van der Waals surface area contributed by atoms with Crippen molar-refractivity contribution in [2.24, 2.45) is 11.7 Å². The second-order valence-corrected chi connectivity index (χ2v) is 9.92. The van der Waals surface area contributed by atoms with Crippen molar-refractivity contribution in [3.63, 3.8) is 0 Å². The van der Waals surface area contributed by atoms with Crippen molar-refractivity contribution in [1.82, 2.24) is 16.0 Å². The zero-order valence-corrected chi connectivity index (χ0v) is 22.4. The summed E-state index contributed by atoms with van der Waals surface area (Å²) in [6.07, 6.45) is -0.605. The van der Waals surface area contributed by atoms with E-state index in [9.17, 15) is 39.3 Å². The summed E-state index contributed by atoms with van der Waals surface area (Å²) >= 11 is 0. The van der Waals surface area contributed by atoms with Crippen LogP contribution in [0, 0.1) is 5.92 Å². The topological polar surface area (TPSA) is 208 Å². The molecule has 0 fully saturated rings. The molecule has 4 atom stereocenters. The number of carbonyl (C=O) groups excluding carboxylic acids is 3. The number of phenols is 1. The fourth-order valence-electron chi connectivity index (χ4n) is 3.95. The van der Waals surface area contributed by atoms with Crippen molar-refractivity contribution in [3.8, 4) is 5.75 Å². The fourth-order valence-corrected chi connectivity index (χ4v) is 3.95. The van der Waals surface area contributed by atoms with Crippen molar-refractivity contribution in [1.29, 1.82) is 0 Å².